The van der Waals surface area contributed by atoms with Gasteiger partial charge < -0.3 is 19.5 Å². The fourth-order valence-electron chi connectivity index (χ4n) is 3.56. The quantitative estimate of drug-likeness (QED) is 0.523. The van der Waals surface area contributed by atoms with Crippen molar-refractivity contribution in [1.82, 2.24) is 19.4 Å². The number of ether oxygens (including phenoxy) is 3. The van der Waals surface area contributed by atoms with Gasteiger partial charge in [-0.25, -0.2) is 19.0 Å². The molecule has 0 bridgehead atoms. The summed E-state index contributed by atoms with van der Waals surface area (Å²) in [5, 5.41) is 2.83. The van der Waals surface area contributed by atoms with E-state index < -0.39 is 35.0 Å². The number of benzene rings is 1. The Bertz CT molecular complexity index is 1390. The summed E-state index contributed by atoms with van der Waals surface area (Å²) in [6.45, 7) is 5.12. The largest absolute Gasteiger partial charge is 0.495 e. The second-order valence-electron chi connectivity index (χ2n) is 8.81. The molecule has 1 amide bonds. The average molecular weight is 485 g/mol. The van der Waals surface area contributed by atoms with Gasteiger partial charge in [-0.2, -0.15) is 0 Å². The number of carbonyl (C=O) groups is 2. The Morgan fingerprint density at radius 1 is 1.14 bits per heavy atom. The number of alkyl carbamates (subject to hydrolysis) is 1. The molecule has 1 N–H and O–H groups in total. The zero-order chi connectivity index (χ0) is 25.9. The number of amides is 1. The predicted molar refractivity (Wildman–Crippen MR) is 128 cm³/mol. The lowest BCUT2D eigenvalue weighted by Crippen LogP contribution is -2.45. The van der Waals surface area contributed by atoms with Crippen LogP contribution in [-0.2, 0) is 27.7 Å². The van der Waals surface area contributed by atoms with Crippen molar-refractivity contribution in [3.63, 3.8) is 0 Å². The molecule has 0 saturated carbocycles. The molecule has 0 unspecified atom stereocenters. The molecule has 3 rings (SSSR count). The summed E-state index contributed by atoms with van der Waals surface area (Å²) in [5.41, 5.74) is -0.604. The van der Waals surface area contributed by atoms with E-state index in [1.165, 1.54) is 37.2 Å². The molecule has 0 radical (unpaired) electrons. The predicted octanol–water partition coefficient (Wildman–Crippen LogP) is 1.70. The molecule has 2 heterocycles. The van der Waals surface area contributed by atoms with E-state index >= 15 is 0 Å². The highest BCUT2D eigenvalue weighted by molar-refractivity contribution is 5.82. The Hall–Kier alpha value is -4.15. The molecule has 0 spiro atoms. The topological polar surface area (TPSA) is 131 Å². The molecule has 0 fully saturated rings. The van der Waals surface area contributed by atoms with Crippen LogP contribution in [0.1, 0.15) is 26.3 Å². The summed E-state index contributed by atoms with van der Waals surface area (Å²) in [7, 11) is 4.17. The van der Waals surface area contributed by atoms with Gasteiger partial charge in [0.25, 0.3) is 5.56 Å². The molecule has 1 atom stereocenters. The molecule has 1 aromatic carbocycles. The van der Waals surface area contributed by atoms with Crippen LogP contribution in [0.2, 0.25) is 0 Å². The summed E-state index contributed by atoms with van der Waals surface area (Å²) >= 11 is 0. The summed E-state index contributed by atoms with van der Waals surface area (Å²) in [6, 6.07) is 5.27. The van der Waals surface area contributed by atoms with Crippen LogP contribution in [0, 0.1) is 0 Å². The lowest BCUT2D eigenvalue weighted by molar-refractivity contribution is -0.143. The maximum absolute atomic E-state index is 13.1. The number of rotatable bonds is 6. The first-order chi connectivity index (χ1) is 16.5. The average Bonchev–Trinajstić information content (AvgIpc) is 2.81. The molecule has 0 aliphatic carbocycles. The van der Waals surface area contributed by atoms with Gasteiger partial charge in [0, 0.05) is 19.7 Å². The van der Waals surface area contributed by atoms with E-state index in [4.69, 9.17) is 14.2 Å². The van der Waals surface area contributed by atoms with Gasteiger partial charge in [0.2, 0.25) is 0 Å². The van der Waals surface area contributed by atoms with Crippen molar-refractivity contribution in [2.45, 2.75) is 38.8 Å². The van der Waals surface area contributed by atoms with Gasteiger partial charge in [-0.3, -0.25) is 14.3 Å². The molecular weight excluding hydrogens is 456 g/mol. The van der Waals surface area contributed by atoms with E-state index in [0.717, 1.165) is 4.57 Å². The van der Waals surface area contributed by atoms with E-state index in [1.54, 1.807) is 46.0 Å². The number of nitrogens with one attached hydrogen (secondary N) is 1. The molecule has 0 aliphatic heterocycles. The van der Waals surface area contributed by atoms with E-state index in [2.05, 4.69) is 10.3 Å². The van der Waals surface area contributed by atoms with E-state index in [9.17, 15) is 19.2 Å². The van der Waals surface area contributed by atoms with Gasteiger partial charge >= 0.3 is 17.8 Å². The number of aromatic nitrogens is 3. The molecule has 0 saturated heterocycles. The first kappa shape index (κ1) is 25.5. The number of nitrogens with zero attached hydrogens (tertiary/aromatic N) is 3. The number of carbonyl (C=O) groups excluding carboxylic acids is 2. The summed E-state index contributed by atoms with van der Waals surface area (Å²) < 4.78 is 17.9. The number of hydrogen-bond acceptors (Lipinski definition) is 8. The Kier molecular flexibility index (Phi) is 7.28. The van der Waals surface area contributed by atoms with Gasteiger partial charge in [0.15, 0.2) is 0 Å². The zero-order valence-corrected chi connectivity index (χ0v) is 20.4. The van der Waals surface area contributed by atoms with Crippen LogP contribution in [0.5, 0.6) is 5.75 Å². The van der Waals surface area contributed by atoms with Gasteiger partial charge in [-0.15, -0.1) is 0 Å². The summed E-state index contributed by atoms with van der Waals surface area (Å²) in [4.78, 5) is 54.6. The van der Waals surface area contributed by atoms with Crippen LogP contribution in [0.3, 0.4) is 0 Å². The molecule has 3 aromatic rings. The number of esters is 1. The lowest BCUT2D eigenvalue weighted by Gasteiger charge is -2.23. The number of methoxy groups -OCH3 is 2. The van der Waals surface area contributed by atoms with Crippen LogP contribution in [-0.4, -0.2) is 52.0 Å². The minimum absolute atomic E-state index is 0.0544. The van der Waals surface area contributed by atoms with E-state index in [-0.39, 0.29) is 17.9 Å². The standard InChI is InChI=1S/C24H28N4O7/c1-24(2,3)35-22(31)26-16(21(30)34-6)11-14-7-8-17(19(12-14)33-5)28-20(29)15-9-10-25-13-18(15)27(4)23(28)32/h7-10,12-13,16H,11H2,1-6H3,(H,26,31)/t16-/m0/s1. The fraction of sp³-hybridized carbons (Fsp3) is 0.375. The summed E-state index contributed by atoms with van der Waals surface area (Å²) in [6.07, 6.45) is 2.22. The lowest BCUT2D eigenvalue weighted by atomic mass is 10.0. The van der Waals surface area contributed by atoms with Gasteiger partial charge in [0.1, 0.15) is 17.4 Å². The normalized spacial score (nSPS) is 12.2. The Morgan fingerprint density at radius 3 is 2.49 bits per heavy atom. The monoisotopic (exact) mass is 484 g/mol. The smallest absolute Gasteiger partial charge is 0.408 e. The van der Waals surface area contributed by atoms with Gasteiger partial charge in [-0.05, 0) is 44.5 Å². The highest BCUT2D eigenvalue weighted by Crippen LogP contribution is 2.24. The second-order valence-corrected chi connectivity index (χ2v) is 8.81. The minimum Gasteiger partial charge on any atom is -0.495 e. The molecule has 11 heteroatoms. The van der Waals surface area contributed by atoms with Crippen LogP contribution in [0.25, 0.3) is 16.6 Å². The van der Waals surface area contributed by atoms with Crippen molar-refractivity contribution in [1.29, 1.82) is 0 Å². The first-order valence-electron chi connectivity index (χ1n) is 10.8. The number of hydrogen-bond donors (Lipinski definition) is 1. The minimum atomic E-state index is -1.03. The molecule has 186 valence electrons. The second kappa shape index (κ2) is 10.00. The first-order valence-corrected chi connectivity index (χ1v) is 10.8. The van der Waals surface area contributed by atoms with Crippen molar-refractivity contribution in [2.24, 2.45) is 7.05 Å². The van der Waals surface area contributed by atoms with Crippen LogP contribution < -0.4 is 21.3 Å². The van der Waals surface area contributed by atoms with Crippen LogP contribution in [0.4, 0.5) is 4.79 Å². The highest BCUT2D eigenvalue weighted by Gasteiger charge is 2.26. The van der Waals surface area contributed by atoms with Crippen molar-refractivity contribution in [2.75, 3.05) is 14.2 Å². The Balaban J connectivity index is 2.01. The van der Waals surface area contributed by atoms with Crippen molar-refractivity contribution < 1.29 is 23.8 Å². The van der Waals surface area contributed by atoms with Gasteiger partial charge in [0.05, 0.1) is 37.0 Å². The Morgan fingerprint density at radius 2 is 1.86 bits per heavy atom. The zero-order valence-electron chi connectivity index (χ0n) is 20.4. The third-order valence-electron chi connectivity index (χ3n) is 5.17. The third kappa shape index (κ3) is 5.51. The molecular formula is C24H28N4O7. The fourth-order valence-corrected chi connectivity index (χ4v) is 3.56. The highest BCUT2D eigenvalue weighted by atomic mass is 16.6. The summed E-state index contributed by atoms with van der Waals surface area (Å²) in [5.74, 6) is -0.428. The molecule has 0 aliphatic rings. The van der Waals surface area contributed by atoms with Crippen LogP contribution in [0.15, 0.2) is 46.2 Å². The number of aryl methyl sites for hydroxylation is 1. The maximum Gasteiger partial charge on any atom is 0.408 e. The number of fused-ring (bicyclic) bond motifs is 1. The molecule has 35 heavy (non-hydrogen) atoms. The number of pyridine rings is 1. The maximum atomic E-state index is 13.1. The van der Waals surface area contributed by atoms with Crippen molar-refractivity contribution >= 4 is 23.0 Å². The molecule has 2 aromatic heterocycles. The molecule has 11 nitrogen and oxygen atoms in total. The third-order valence-corrected chi connectivity index (χ3v) is 5.17. The SMILES string of the molecule is COC(=O)[C@H](Cc1ccc(-n2c(=O)c3ccncc3n(C)c2=O)c(OC)c1)NC(=O)OC(C)(C)C. The van der Waals surface area contributed by atoms with E-state index in [0.29, 0.717) is 16.5 Å². The van der Waals surface area contributed by atoms with E-state index in [1.807, 2.05) is 0 Å². The van der Waals surface area contributed by atoms with Crippen molar-refractivity contribution in [3.05, 3.63) is 63.1 Å². The van der Waals surface area contributed by atoms with Crippen molar-refractivity contribution in [3.8, 4) is 11.4 Å². The van der Waals surface area contributed by atoms with Gasteiger partial charge in [-0.1, -0.05) is 6.07 Å². The Labute approximate surface area is 201 Å². The van der Waals surface area contributed by atoms with Crippen LogP contribution >= 0.6 is 0 Å².